The van der Waals surface area contributed by atoms with E-state index in [4.69, 9.17) is 21.0 Å². The molecule has 7 nitrogen and oxygen atoms in total. The van der Waals surface area contributed by atoms with Crippen LogP contribution < -0.4 is 4.74 Å². The Morgan fingerprint density at radius 2 is 1.76 bits per heavy atom. The van der Waals surface area contributed by atoms with Crippen LogP contribution >= 0.6 is 23.4 Å². The lowest BCUT2D eigenvalue weighted by Crippen LogP contribution is -2.38. The third-order valence-electron chi connectivity index (χ3n) is 6.02. The lowest BCUT2D eigenvalue weighted by atomic mass is 9.90. The van der Waals surface area contributed by atoms with Gasteiger partial charge in [0.2, 0.25) is 10.0 Å². The molecule has 0 aliphatic carbocycles. The van der Waals surface area contributed by atoms with E-state index in [9.17, 15) is 8.42 Å². The minimum Gasteiger partial charge on any atom is -0.497 e. The highest BCUT2D eigenvalue weighted by Crippen LogP contribution is 2.37. The molecule has 4 aromatic rings. The molecule has 0 saturated carbocycles. The Bertz CT molecular complexity index is 1420. The zero-order valence-corrected chi connectivity index (χ0v) is 20.7. The maximum atomic E-state index is 13.5. The fourth-order valence-corrected chi connectivity index (χ4v) is 6.86. The molecule has 0 radical (unpaired) electrons. The average molecular weight is 516 g/mol. The summed E-state index contributed by atoms with van der Waals surface area (Å²) in [7, 11) is -2.14. The van der Waals surface area contributed by atoms with E-state index in [0.29, 0.717) is 29.5 Å². The van der Waals surface area contributed by atoms with Crippen molar-refractivity contribution < 1.29 is 17.8 Å². The molecular weight excluding hydrogens is 494 g/mol. The second-order valence-corrected chi connectivity index (χ2v) is 11.5. The van der Waals surface area contributed by atoms with Crippen molar-refractivity contribution in [2.75, 3.05) is 20.2 Å². The molecule has 0 spiro atoms. The normalized spacial score (nSPS) is 15.6. The SMILES string of the molecule is COc1cccc(Sc2ccc(S(=O)(=O)N3CCC(c4ccc(Cl)cc4)CC3)c3nonc23)c1. The maximum absolute atomic E-state index is 13.5. The molecule has 1 aliphatic heterocycles. The number of rotatable bonds is 6. The molecule has 10 heteroatoms. The fourth-order valence-electron chi connectivity index (χ4n) is 4.21. The summed E-state index contributed by atoms with van der Waals surface area (Å²) in [5.74, 6) is 1.04. The van der Waals surface area contributed by atoms with Crippen LogP contribution in [0.4, 0.5) is 0 Å². The first-order valence-electron chi connectivity index (χ1n) is 10.8. The first-order valence-corrected chi connectivity index (χ1v) is 13.4. The van der Waals surface area contributed by atoms with Crippen molar-refractivity contribution in [2.45, 2.75) is 33.4 Å². The van der Waals surface area contributed by atoms with E-state index < -0.39 is 10.0 Å². The summed E-state index contributed by atoms with van der Waals surface area (Å²) in [5, 5.41) is 8.64. The third-order valence-corrected chi connectivity index (χ3v) is 9.24. The van der Waals surface area contributed by atoms with Gasteiger partial charge in [-0.3, -0.25) is 0 Å². The Morgan fingerprint density at radius 1 is 1.03 bits per heavy atom. The fraction of sp³-hybridized carbons (Fsp3) is 0.250. The zero-order valence-electron chi connectivity index (χ0n) is 18.3. The predicted molar refractivity (Wildman–Crippen MR) is 131 cm³/mol. The summed E-state index contributed by atoms with van der Waals surface area (Å²) in [6.07, 6.45) is 1.48. The Kier molecular flexibility index (Phi) is 6.52. The van der Waals surface area contributed by atoms with Crippen LogP contribution in [-0.2, 0) is 10.0 Å². The molecule has 0 amide bonds. The van der Waals surface area contributed by atoms with Crippen LogP contribution in [0.5, 0.6) is 5.75 Å². The van der Waals surface area contributed by atoms with Gasteiger partial charge in [-0.1, -0.05) is 41.6 Å². The van der Waals surface area contributed by atoms with Gasteiger partial charge in [0.15, 0.2) is 11.0 Å². The van der Waals surface area contributed by atoms with Crippen LogP contribution in [0.1, 0.15) is 24.3 Å². The predicted octanol–water partition coefficient (Wildman–Crippen LogP) is 5.60. The third kappa shape index (κ3) is 4.53. The van der Waals surface area contributed by atoms with Crippen molar-refractivity contribution in [3.8, 4) is 5.75 Å². The molecule has 0 unspecified atom stereocenters. The summed E-state index contributed by atoms with van der Waals surface area (Å²) in [6, 6.07) is 18.7. The van der Waals surface area contributed by atoms with E-state index in [1.807, 2.05) is 48.5 Å². The molecule has 1 saturated heterocycles. The monoisotopic (exact) mass is 515 g/mol. The number of fused-ring (bicyclic) bond motifs is 1. The van der Waals surface area contributed by atoms with Crippen LogP contribution in [-0.4, -0.2) is 43.2 Å². The molecule has 2 heterocycles. The second-order valence-electron chi connectivity index (χ2n) is 8.03. The molecule has 1 fully saturated rings. The van der Waals surface area contributed by atoms with Crippen LogP contribution in [0.2, 0.25) is 5.02 Å². The lowest BCUT2D eigenvalue weighted by Gasteiger charge is -2.31. The van der Waals surface area contributed by atoms with Crippen LogP contribution in [0.15, 0.2) is 80.0 Å². The van der Waals surface area contributed by atoms with E-state index in [1.165, 1.54) is 21.6 Å². The Morgan fingerprint density at radius 3 is 2.50 bits per heavy atom. The van der Waals surface area contributed by atoms with Crippen LogP contribution in [0.25, 0.3) is 11.0 Å². The minimum atomic E-state index is -3.75. The highest BCUT2D eigenvalue weighted by atomic mass is 35.5. The van der Waals surface area contributed by atoms with E-state index in [-0.39, 0.29) is 10.4 Å². The second kappa shape index (κ2) is 9.58. The first-order chi connectivity index (χ1) is 16.5. The lowest BCUT2D eigenvalue weighted by molar-refractivity contribution is 0.313. The van der Waals surface area contributed by atoms with Gasteiger partial charge in [-0.15, -0.1) is 0 Å². The summed E-state index contributed by atoms with van der Waals surface area (Å²) in [5.41, 5.74) is 1.85. The van der Waals surface area contributed by atoms with Gasteiger partial charge in [0.25, 0.3) is 0 Å². The van der Waals surface area contributed by atoms with Crippen LogP contribution in [0.3, 0.4) is 0 Å². The van der Waals surface area contributed by atoms with Crippen LogP contribution in [0, 0.1) is 0 Å². The number of methoxy groups -OCH3 is 1. The summed E-state index contributed by atoms with van der Waals surface area (Å²) < 4.78 is 38.8. The van der Waals surface area contributed by atoms with E-state index in [0.717, 1.165) is 28.4 Å². The van der Waals surface area contributed by atoms with Gasteiger partial charge in [-0.2, -0.15) is 4.31 Å². The topological polar surface area (TPSA) is 85.5 Å². The number of sulfonamides is 1. The standard InChI is InChI=1S/C24H22ClN3O4S2/c1-31-19-3-2-4-20(15-19)33-21-9-10-22(24-23(21)26-32-27-24)34(29,30)28-13-11-17(12-14-28)16-5-7-18(25)8-6-16/h2-10,15,17H,11-14H2,1H3. The molecular formula is C24H22ClN3O4S2. The van der Waals surface area contributed by atoms with E-state index in [1.54, 1.807) is 19.2 Å². The smallest absolute Gasteiger partial charge is 0.245 e. The molecule has 34 heavy (non-hydrogen) atoms. The van der Waals surface area contributed by atoms with Crippen molar-refractivity contribution in [1.82, 2.24) is 14.6 Å². The highest BCUT2D eigenvalue weighted by molar-refractivity contribution is 7.99. The number of hydrogen-bond donors (Lipinski definition) is 0. The van der Waals surface area contributed by atoms with Gasteiger partial charge < -0.3 is 4.74 Å². The van der Waals surface area contributed by atoms with Crippen molar-refractivity contribution in [1.29, 1.82) is 0 Å². The number of nitrogens with zero attached hydrogens (tertiary/aromatic N) is 3. The number of halogens is 1. The van der Waals surface area contributed by atoms with Crippen molar-refractivity contribution >= 4 is 44.4 Å². The zero-order chi connectivity index (χ0) is 23.7. The molecule has 3 aromatic carbocycles. The number of ether oxygens (including phenoxy) is 1. The number of piperidine rings is 1. The highest BCUT2D eigenvalue weighted by Gasteiger charge is 2.32. The maximum Gasteiger partial charge on any atom is 0.245 e. The van der Waals surface area contributed by atoms with Gasteiger partial charge in [-0.05, 0) is 77.1 Å². The molecule has 0 atom stereocenters. The Labute approximate surface area is 207 Å². The van der Waals surface area contributed by atoms with E-state index >= 15 is 0 Å². The molecule has 1 aliphatic rings. The molecule has 1 aromatic heterocycles. The number of hydrogen-bond acceptors (Lipinski definition) is 7. The quantitative estimate of drug-likeness (QED) is 0.330. The van der Waals surface area contributed by atoms with Gasteiger partial charge in [-0.25, -0.2) is 13.0 Å². The van der Waals surface area contributed by atoms with Gasteiger partial charge in [0.1, 0.15) is 10.6 Å². The Hall–Kier alpha value is -2.59. The summed E-state index contributed by atoms with van der Waals surface area (Å²) in [6.45, 7) is 0.866. The first kappa shape index (κ1) is 23.2. The molecule has 0 bridgehead atoms. The molecule has 176 valence electrons. The van der Waals surface area contributed by atoms with E-state index in [2.05, 4.69) is 10.3 Å². The average Bonchev–Trinajstić information content (AvgIpc) is 3.35. The molecule has 5 rings (SSSR count). The largest absolute Gasteiger partial charge is 0.497 e. The number of aromatic nitrogens is 2. The van der Waals surface area contributed by atoms with Crippen molar-refractivity contribution in [3.05, 3.63) is 71.2 Å². The van der Waals surface area contributed by atoms with Crippen molar-refractivity contribution in [2.24, 2.45) is 0 Å². The Balaban J connectivity index is 1.38. The number of benzene rings is 3. The van der Waals surface area contributed by atoms with Crippen molar-refractivity contribution in [3.63, 3.8) is 0 Å². The van der Waals surface area contributed by atoms with Gasteiger partial charge >= 0.3 is 0 Å². The summed E-state index contributed by atoms with van der Waals surface area (Å²) >= 11 is 7.44. The minimum absolute atomic E-state index is 0.115. The van der Waals surface area contributed by atoms with Gasteiger partial charge in [0, 0.05) is 27.9 Å². The molecule has 0 N–H and O–H groups in total. The summed E-state index contributed by atoms with van der Waals surface area (Å²) in [4.78, 5) is 1.80. The van der Waals surface area contributed by atoms with Gasteiger partial charge in [0.05, 0.1) is 7.11 Å².